The number of hydrogen-bond acceptors (Lipinski definition) is 5. The zero-order chi connectivity index (χ0) is 22.5. The Hall–Kier alpha value is -3.19. The second-order valence-corrected chi connectivity index (χ2v) is 7.74. The van der Waals surface area contributed by atoms with Gasteiger partial charge in [0.25, 0.3) is 0 Å². The molecule has 0 saturated carbocycles. The van der Waals surface area contributed by atoms with E-state index in [2.05, 4.69) is 16.6 Å². The van der Waals surface area contributed by atoms with Gasteiger partial charge in [0, 0.05) is 43.5 Å². The number of aliphatic imine (C=N–C) groups is 1. The van der Waals surface area contributed by atoms with Gasteiger partial charge in [-0.3, -0.25) is 15.2 Å². The molecular formula is C23H27ClN6O. The summed E-state index contributed by atoms with van der Waals surface area (Å²) in [6.07, 6.45) is 3.90. The Morgan fingerprint density at radius 2 is 1.97 bits per heavy atom. The number of pyridine rings is 1. The highest BCUT2D eigenvalue weighted by Crippen LogP contribution is 2.36. The molecule has 0 bridgehead atoms. The summed E-state index contributed by atoms with van der Waals surface area (Å²) in [5.41, 5.74) is 9.57. The molecule has 1 aliphatic rings. The first-order chi connectivity index (χ1) is 14.8. The molecule has 3 rings (SSSR count). The van der Waals surface area contributed by atoms with E-state index >= 15 is 0 Å². The summed E-state index contributed by atoms with van der Waals surface area (Å²) in [6, 6.07) is 7.30. The fourth-order valence-electron chi connectivity index (χ4n) is 3.50. The molecule has 1 amide bonds. The van der Waals surface area contributed by atoms with Crippen molar-refractivity contribution in [1.82, 2.24) is 14.8 Å². The number of nitrogen functional groups attached to an aromatic ring is 1. The number of rotatable bonds is 5. The van der Waals surface area contributed by atoms with Crippen LogP contribution in [0.4, 0.5) is 11.5 Å². The summed E-state index contributed by atoms with van der Waals surface area (Å²) in [6.45, 7) is 9.70. The number of carbonyl (C=O) groups excluding carboxylic acids is 1. The van der Waals surface area contributed by atoms with Crippen LogP contribution >= 0.6 is 11.6 Å². The molecule has 0 aliphatic carbocycles. The Morgan fingerprint density at radius 3 is 2.61 bits per heavy atom. The lowest BCUT2D eigenvalue weighted by Gasteiger charge is -2.36. The molecule has 3 N–H and O–H groups in total. The largest absolute Gasteiger partial charge is 0.384 e. The third-order valence-corrected chi connectivity index (χ3v) is 5.52. The highest BCUT2D eigenvalue weighted by Gasteiger charge is 2.24. The van der Waals surface area contributed by atoms with Gasteiger partial charge in [0.1, 0.15) is 11.7 Å². The van der Waals surface area contributed by atoms with E-state index in [1.165, 1.54) is 6.08 Å². The number of piperazine rings is 1. The van der Waals surface area contributed by atoms with E-state index in [1.54, 1.807) is 17.0 Å². The van der Waals surface area contributed by atoms with Gasteiger partial charge in [-0.1, -0.05) is 31.2 Å². The zero-order valence-electron chi connectivity index (χ0n) is 17.9. The lowest BCUT2D eigenvalue weighted by molar-refractivity contribution is -0.127. The molecule has 31 heavy (non-hydrogen) atoms. The highest BCUT2D eigenvalue weighted by atomic mass is 35.5. The van der Waals surface area contributed by atoms with E-state index in [0.29, 0.717) is 59.8 Å². The van der Waals surface area contributed by atoms with Crippen LogP contribution in [0, 0.1) is 12.3 Å². The molecule has 0 spiro atoms. The molecule has 0 atom stereocenters. The Morgan fingerprint density at radius 1 is 1.29 bits per heavy atom. The summed E-state index contributed by atoms with van der Waals surface area (Å²) in [5, 5.41) is 9.28. The third kappa shape index (κ3) is 4.94. The molecule has 1 aromatic heterocycles. The van der Waals surface area contributed by atoms with Crippen molar-refractivity contribution in [2.24, 2.45) is 4.99 Å². The molecule has 2 aromatic rings. The van der Waals surface area contributed by atoms with E-state index in [9.17, 15) is 4.79 Å². The van der Waals surface area contributed by atoms with Crippen molar-refractivity contribution in [2.75, 3.05) is 31.9 Å². The van der Waals surface area contributed by atoms with Crippen molar-refractivity contribution in [1.29, 1.82) is 5.41 Å². The van der Waals surface area contributed by atoms with Crippen molar-refractivity contribution >= 4 is 41.1 Å². The van der Waals surface area contributed by atoms with Gasteiger partial charge in [-0.2, -0.15) is 0 Å². The topological polar surface area (TPSA) is 98.7 Å². The third-order valence-electron chi connectivity index (χ3n) is 5.21. The van der Waals surface area contributed by atoms with Crippen molar-refractivity contribution in [2.45, 2.75) is 20.3 Å². The number of anilines is 1. The van der Waals surface area contributed by atoms with Crippen molar-refractivity contribution in [3.63, 3.8) is 0 Å². The van der Waals surface area contributed by atoms with Crippen LogP contribution in [0.5, 0.6) is 0 Å². The van der Waals surface area contributed by atoms with Gasteiger partial charge in [-0.25, -0.2) is 4.98 Å². The summed E-state index contributed by atoms with van der Waals surface area (Å²) in [7, 11) is 0. The molecule has 8 heteroatoms. The first-order valence-electron chi connectivity index (χ1n) is 10.2. The van der Waals surface area contributed by atoms with Gasteiger partial charge in [0.2, 0.25) is 5.91 Å². The quantitative estimate of drug-likeness (QED) is 0.417. The number of aromatic nitrogens is 1. The second kappa shape index (κ2) is 9.75. The van der Waals surface area contributed by atoms with E-state index in [0.717, 1.165) is 17.5 Å². The number of nitrogens with zero attached hydrogens (tertiary/aromatic N) is 4. The maximum absolute atomic E-state index is 11.8. The van der Waals surface area contributed by atoms with Crippen LogP contribution in [0.3, 0.4) is 0 Å². The number of amides is 1. The van der Waals surface area contributed by atoms with Crippen LogP contribution in [0.1, 0.15) is 24.5 Å². The Labute approximate surface area is 187 Å². The molecule has 1 aromatic carbocycles. The minimum absolute atomic E-state index is 0.0863. The van der Waals surface area contributed by atoms with Gasteiger partial charge >= 0.3 is 0 Å². The Bertz CT molecular complexity index is 1040. The van der Waals surface area contributed by atoms with Gasteiger partial charge in [0.15, 0.2) is 0 Å². The van der Waals surface area contributed by atoms with Crippen molar-refractivity contribution < 1.29 is 4.79 Å². The van der Waals surface area contributed by atoms with E-state index < -0.39 is 0 Å². The molecular weight excluding hydrogens is 412 g/mol. The summed E-state index contributed by atoms with van der Waals surface area (Å²) < 4.78 is 0. The second-order valence-electron chi connectivity index (χ2n) is 7.34. The normalized spacial score (nSPS) is 14.2. The van der Waals surface area contributed by atoms with Gasteiger partial charge < -0.3 is 15.5 Å². The van der Waals surface area contributed by atoms with Crippen LogP contribution in [-0.4, -0.2) is 58.9 Å². The van der Waals surface area contributed by atoms with Crippen LogP contribution in [0.25, 0.3) is 11.3 Å². The van der Waals surface area contributed by atoms with E-state index in [4.69, 9.17) is 22.7 Å². The number of nitrogens with two attached hydrogens (primary N) is 1. The molecule has 7 nitrogen and oxygen atoms in total. The minimum atomic E-state index is -0.0863. The summed E-state index contributed by atoms with van der Waals surface area (Å²) in [4.78, 5) is 24.6. The zero-order valence-corrected chi connectivity index (χ0v) is 18.6. The lowest BCUT2D eigenvalue weighted by Crippen LogP contribution is -2.50. The number of benzene rings is 1. The molecule has 1 saturated heterocycles. The highest BCUT2D eigenvalue weighted by molar-refractivity contribution is 6.34. The maximum Gasteiger partial charge on any atom is 0.246 e. The van der Waals surface area contributed by atoms with Gasteiger partial charge in [-0.15, -0.1) is 0 Å². The van der Waals surface area contributed by atoms with E-state index in [-0.39, 0.29) is 5.91 Å². The lowest BCUT2D eigenvalue weighted by atomic mass is 10.0. The number of aryl methyl sites for hydroxylation is 1. The number of carbonyl (C=O) groups is 1. The first-order valence-corrected chi connectivity index (χ1v) is 10.6. The van der Waals surface area contributed by atoms with Crippen LogP contribution < -0.4 is 5.73 Å². The van der Waals surface area contributed by atoms with Gasteiger partial charge in [-0.05, 0) is 43.2 Å². The van der Waals surface area contributed by atoms with Crippen molar-refractivity contribution in [3.8, 4) is 11.3 Å². The standard InChI is InChI=1S/C23H27ClN6O/c1-4-8-27-19-14-16(22-15(3)6-7-20(25)28-22)18(24)13-17(19)23(26)30-11-9-29(10-12-30)21(31)5-2/h5-8,13-14,26H,2,4,9-12H2,1,3H3,(H2,25,28). The molecule has 0 radical (unpaired) electrons. The van der Waals surface area contributed by atoms with Crippen LogP contribution in [-0.2, 0) is 4.79 Å². The minimum Gasteiger partial charge on any atom is -0.384 e. The predicted molar refractivity (Wildman–Crippen MR) is 127 cm³/mol. The van der Waals surface area contributed by atoms with Crippen LogP contribution in [0.15, 0.2) is 41.9 Å². The van der Waals surface area contributed by atoms with Crippen LogP contribution in [0.2, 0.25) is 5.02 Å². The fraction of sp³-hybridized carbons (Fsp3) is 0.304. The molecule has 1 fully saturated rings. The Kier molecular flexibility index (Phi) is 7.07. The van der Waals surface area contributed by atoms with Gasteiger partial charge in [0.05, 0.1) is 16.4 Å². The number of hydrogen-bond donors (Lipinski definition) is 2. The smallest absolute Gasteiger partial charge is 0.246 e. The monoisotopic (exact) mass is 438 g/mol. The Balaban J connectivity index is 1.97. The fourth-order valence-corrected chi connectivity index (χ4v) is 3.75. The number of amidine groups is 1. The summed E-state index contributed by atoms with van der Waals surface area (Å²) >= 11 is 6.65. The first kappa shape index (κ1) is 22.5. The number of halogens is 1. The van der Waals surface area contributed by atoms with E-state index in [1.807, 2.05) is 37.1 Å². The average Bonchev–Trinajstić information content (AvgIpc) is 2.78. The van der Waals surface area contributed by atoms with Crippen molar-refractivity contribution in [3.05, 3.63) is 53.1 Å². The number of nitrogens with one attached hydrogen (secondary N) is 1. The molecule has 0 unspecified atom stereocenters. The predicted octanol–water partition coefficient (Wildman–Crippen LogP) is 4.06. The summed E-state index contributed by atoms with van der Waals surface area (Å²) in [5.74, 6) is 0.663. The molecule has 162 valence electrons. The SMILES string of the molecule is C=CC(=O)N1CCN(C(=N)c2cc(Cl)c(-c3nc(N)ccc3C)cc2N=CCC)CC1. The molecule has 2 heterocycles. The maximum atomic E-state index is 11.8. The average molecular weight is 439 g/mol. The molecule has 1 aliphatic heterocycles.